The molecule has 8 heteroatoms. The first-order chi connectivity index (χ1) is 20.1. The van der Waals surface area contributed by atoms with Gasteiger partial charge in [-0.1, -0.05) is 90.9 Å². The van der Waals surface area contributed by atoms with E-state index in [4.69, 9.17) is 0 Å². The highest BCUT2D eigenvalue weighted by atomic mass is 79.9. The molecule has 6 aliphatic heterocycles. The van der Waals surface area contributed by atoms with Crippen molar-refractivity contribution in [3.63, 3.8) is 0 Å². The van der Waals surface area contributed by atoms with Crippen molar-refractivity contribution in [1.82, 2.24) is 0 Å². The van der Waals surface area contributed by atoms with Crippen LogP contribution < -0.4 is 67.9 Å². The summed E-state index contributed by atoms with van der Waals surface area (Å²) in [5.74, 6) is 0. The van der Waals surface area contributed by atoms with Crippen molar-refractivity contribution in [2.75, 3.05) is 105 Å². The summed E-state index contributed by atoms with van der Waals surface area (Å²) in [7, 11) is 0. The topological polar surface area (TPSA) is 0 Å². The Morgan fingerprint density at radius 1 is 0.244 bits per heavy atom. The Balaban J connectivity index is 0.00000484. The van der Waals surface area contributed by atoms with Gasteiger partial charge in [-0.25, -0.2) is 0 Å². The molecule has 45 heavy (non-hydrogen) atoms. The minimum absolute atomic E-state index is 0. The quantitative estimate of drug-likeness (QED) is 0.0683. The van der Waals surface area contributed by atoms with Crippen molar-refractivity contribution in [3.8, 4) is 0 Å². The maximum Gasteiger partial charge on any atom is 0.129 e. The highest BCUT2D eigenvalue weighted by molar-refractivity contribution is 4.65. The van der Waals surface area contributed by atoms with Crippen LogP contribution in [0.4, 0.5) is 0 Å². The van der Waals surface area contributed by atoms with Crippen LogP contribution in [0, 0.1) is 0 Å². The van der Waals surface area contributed by atoms with Crippen LogP contribution in [0.3, 0.4) is 0 Å². The molecule has 6 saturated heterocycles. The summed E-state index contributed by atoms with van der Waals surface area (Å²) in [6.45, 7) is 28.6. The van der Waals surface area contributed by atoms with Gasteiger partial charge in [0.1, 0.15) is 78.5 Å². The second-order valence-corrected chi connectivity index (χ2v) is 16.0. The van der Waals surface area contributed by atoms with E-state index in [1.807, 2.05) is 0 Å². The van der Waals surface area contributed by atoms with Crippen molar-refractivity contribution < 1.29 is 85.9 Å². The molecule has 0 aromatic heterocycles. The van der Waals surface area contributed by atoms with Crippen LogP contribution in [0.15, 0.2) is 0 Å². The summed E-state index contributed by atoms with van der Waals surface area (Å²) in [6, 6.07) is 0. The molecule has 0 spiro atoms. The van der Waals surface area contributed by atoms with Crippen LogP contribution >= 0.6 is 0 Å². The number of hydrogen-bond acceptors (Lipinski definition) is 0. The molecule has 4 bridgehead atoms. The van der Waals surface area contributed by atoms with Gasteiger partial charge in [0.25, 0.3) is 0 Å². The zero-order valence-electron chi connectivity index (χ0n) is 30.0. The van der Waals surface area contributed by atoms with Crippen LogP contribution in [0.25, 0.3) is 0 Å². The van der Waals surface area contributed by atoms with E-state index in [1.54, 1.807) is 0 Å². The summed E-state index contributed by atoms with van der Waals surface area (Å²) in [5, 5.41) is 0. The fraction of sp³-hybridized carbons (Fsp3) is 1.00. The lowest BCUT2D eigenvalue weighted by Crippen LogP contribution is -3.00. The number of nitrogens with zero attached hydrogens (tertiary/aromatic N) is 4. The van der Waals surface area contributed by atoms with Crippen LogP contribution in [0.2, 0.25) is 0 Å². The maximum absolute atomic E-state index is 2.32. The van der Waals surface area contributed by atoms with E-state index in [0.29, 0.717) is 0 Å². The molecule has 0 amide bonds. The number of quaternary nitrogens is 4. The second kappa shape index (κ2) is 24.8. The third-order valence-corrected chi connectivity index (χ3v) is 13.0. The molecule has 6 fully saturated rings. The Labute approximate surface area is 324 Å². The van der Waals surface area contributed by atoms with Gasteiger partial charge in [-0.15, -0.1) is 0 Å². The van der Waals surface area contributed by atoms with E-state index >= 15 is 0 Å². The molecule has 6 heterocycles. The van der Waals surface area contributed by atoms with E-state index in [-0.39, 0.29) is 67.9 Å². The van der Waals surface area contributed by atoms with Crippen LogP contribution in [0.5, 0.6) is 0 Å². The first-order valence-electron chi connectivity index (χ1n) is 19.5. The van der Waals surface area contributed by atoms with Gasteiger partial charge in [-0.05, 0) is 44.9 Å². The van der Waals surface area contributed by atoms with Crippen LogP contribution in [-0.2, 0) is 0 Å². The molecular formula is C37H76Br4N4. The average Bonchev–Trinajstić information content (AvgIpc) is 3.02. The number of halogens is 4. The van der Waals surface area contributed by atoms with Gasteiger partial charge in [0.05, 0.1) is 26.2 Å². The predicted molar refractivity (Wildman–Crippen MR) is 178 cm³/mol. The highest BCUT2D eigenvalue weighted by Gasteiger charge is 2.49. The van der Waals surface area contributed by atoms with E-state index in [9.17, 15) is 0 Å². The number of fused-ring (bicyclic) bond motifs is 6. The first kappa shape index (κ1) is 46.8. The Bertz CT molecular complexity index is 617. The second-order valence-electron chi connectivity index (χ2n) is 16.0. The van der Waals surface area contributed by atoms with Crippen molar-refractivity contribution in [1.29, 1.82) is 0 Å². The van der Waals surface area contributed by atoms with Gasteiger partial charge in [0.2, 0.25) is 0 Å². The summed E-state index contributed by atoms with van der Waals surface area (Å²) in [6.07, 6.45) is 27.9. The molecule has 0 unspecified atom stereocenters. The molecule has 6 aliphatic rings. The Kier molecular flexibility index (Phi) is 25.8. The van der Waals surface area contributed by atoms with Crippen LogP contribution in [-0.4, -0.2) is 123 Å². The molecular weight excluding hydrogens is 820 g/mol. The molecule has 6 rings (SSSR count). The van der Waals surface area contributed by atoms with Gasteiger partial charge in [0, 0.05) is 0 Å². The number of hydrogen-bond donors (Lipinski definition) is 0. The fourth-order valence-corrected chi connectivity index (χ4v) is 9.46. The van der Waals surface area contributed by atoms with Crippen molar-refractivity contribution >= 4 is 0 Å². The highest BCUT2D eigenvalue weighted by Crippen LogP contribution is 2.30. The average molecular weight is 897 g/mol. The molecule has 0 saturated carbocycles. The lowest BCUT2D eigenvalue weighted by molar-refractivity contribution is -1.08. The van der Waals surface area contributed by atoms with E-state index in [2.05, 4.69) is 13.8 Å². The minimum atomic E-state index is 0. The standard InChI is InChI=1S/C37H76N4.4BrH/c1-3-5-7-9-11-13-15-18-22-38-26-32-40(33-27-38,34-28-38)24-20-17-21-25-41-35-29-39(30-36-41,31-37-41)23-19-16-14-12-10-8-6-4-2;;;;/h3-37H2,1-2H3;4*1H/q+4;;;;/p-4. The number of unbranched alkanes of at least 4 members (excludes halogenated alkanes) is 16. The number of piperazine rings is 6. The van der Waals surface area contributed by atoms with Crippen molar-refractivity contribution in [2.24, 2.45) is 0 Å². The Morgan fingerprint density at radius 2 is 0.400 bits per heavy atom. The van der Waals surface area contributed by atoms with Gasteiger partial charge in [-0.3, -0.25) is 0 Å². The Morgan fingerprint density at radius 3 is 0.600 bits per heavy atom. The van der Waals surface area contributed by atoms with Gasteiger partial charge in [0.15, 0.2) is 0 Å². The minimum Gasteiger partial charge on any atom is -1.00 e. The van der Waals surface area contributed by atoms with Gasteiger partial charge >= 0.3 is 0 Å². The van der Waals surface area contributed by atoms with Crippen molar-refractivity contribution in [2.45, 2.75) is 136 Å². The predicted octanol–water partition coefficient (Wildman–Crippen LogP) is -4.22. The summed E-state index contributed by atoms with van der Waals surface area (Å²) in [5.41, 5.74) is 0. The van der Waals surface area contributed by atoms with E-state index in [1.165, 1.54) is 245 Å². The zero-order chi connectivity index (χ0) is 28.7. The molecule has 0 aromatic rings. The van der Waals surface area contributed by atoms with Crippen LogP contribution in [0.1, 0.15) is 136 Å². The fourth-order valence-electron chi connectivity index (χ4n) is 9.46. The molecule has 4 nitrogen and oxygen atoms in total. The van der Waals surface area contributed by atoms with Gasteiger partial charge < -0.3 is 85.9 Å². The Hall–Kier alpha value is 1.76. The first-order valence-corrected chi connectivity index (χ1v) is 19.5. The third-order valence-electron chi connectivity index (χ3n) is 13.0. The molecule has 272 valence electrons. The molecule has 0 aromatic carbocycles. The largest absolute Gasteiger partial charge is 1.00 e. The summed E-state index contributed by atoms with van der Waals surface area (Å²) >= 11 is 0. The third kappa shape index (κ3) is 15.3. The molecule has 0 aliphatic carbocycles. The SMILES string of the molecule is CCCCCCCCCC[N+]12CC[N+](CCCCC[N+]34CC[N+](CCCCCCCCCC)(CC3)CC4)(CC1)CC2.[Br-].[Br-].[Br-].[Br-]. The zero-order valence-corrected chi connectivity index (χ0v) is 36.4. The molecule has 0 radical (unpaired) electrons. The van der Waals surface area contributed by atoms with E-state index < -0.39 is 0 Å². The smallest absolute Gasteiger partial charge is 0.129 e. The lowest BCUT2D eigenvalue weighted by Gasteiger charge is -2.56. The summed E-state index contributed by atoms with van der Waals surface area (Å²) < 4.78 is 5.98. The normalized spacial score (nSPS) is 29.7. The molecule has 0 atom stereocenters. The number of rotatable bonds is 24. The van der Waals surface area contributed by atoms with Crippen molar-refractivity contribution in [3.05, 3.63) is 0 Å². The van der Waals surface area contributed by atoms with E-state index in [0.717, 1.165) is 0 Å². The maximum atomic E-state index is 2.32. The summed E-state index contributed by atoms with van der Waals surface area (Å²) in [4.78, 5) is 0. The van der Waals surface area contributed by atoms with Gasteiger partial charge in [-0.2, -0.15) is 0 Å². The monoisotopic (exact) mass is 892 g/mol. The molecule has 0 N–H and O–H groups in total. The lowest BCUT2D eigenvalue weighted by atomic mass is 10.0.